The van der Waals surface area contributed by atoms with Crippen molar-refractivity contribution in [2.45, 2.75) is 26.8 Å². The van der Waals surface area contributed by atoms with Gasteiger partial charge in [-0.1, -0.05) is 25.4 Å². The number of hydrogen-bond donors (Lipinski definition) is 2. The highest BCUT2D eigenvalue weighted by molar-refractivity contribution is 6.30. The number of hydrogen-bond acceptors (Lipinski definition) is 3. The molecule has 0 heterocycles. The Bertz CT molecular complexity index is 743. The summed E-state index contributed by atoms with van der Waals surface area (Å²) in [6.45, 7) is 6.22. The van der Waals surface area contributed by atoms with E-state index in [2.05, 4.69) is 10.6 Å². The van der Waals surface area contributed by atoms with Crippen LogP contribution >= 0.6 is 11.6 Å². The van der Waals surface area contributed by atoms with Crippen LogP contribution in [-0.2, 0) is 4.79 Å². The molecule has 1 atom stereocenters. The summed E-state index contributed by atoms with van der Waals surface area (Å²) in [7, 11) is 0. The van der Waals surface area contributed by atoms with E-state index < -0.39 is 6.04 Å². The highest BCUT2D eigenvalue weighted by atomic mass is 35.5. The molecule has 6 heteroatoms. The second kappa shape index (κ2) is 9.25. The summed E-state index contributed by atoms with van der Waals surface area (Å²) in [5.41, 5.74) is 1.10. The quantitative estimate of drug-likeness (QED) is 0.765. The van der Waals surface area contributed by atoms with Crippen molar-refractivity contribution in [1.29, 1.82) is 0 Å². The molecule has 0 aliphatic carbocycles. The normalized spacial score (nSPS) is 11.7. The molecule has 26 heavy (non-hydrogen) atoms. The molecule has 2 amide bonds. The first-order valence-electron chi connectivity index (χ1n) is 8.51. The van der Waals surface area contributed by atoms with Crippen molar-refractivity contribution in [3.63, 3.8) is 0 Å². The second-order valence-electron chi connectivity index (χ2n) is 6.15. The van der Waals surface area contributed by atoms with E-state index in [1.165, 1.54) is 0 Å². The van der Waals surface area contributed by atoms with Crippen LogP contribution in [0.25, 0.3) is 0 Å². The van der Waals surface area contributed by atoms with Gasteiger partial charge in [0, 0.05) is 16.3 Å². The lowest BCUT2D eigenvalue weighted by Gasteiger charge is -2.22. The van der Waals surface area contributed by atoms with E-state index >= 15 is 0 Å². The van der Waals surface area contributed by atoms with Gasteiger partial charge in [0.1, 0.15) is 11.8 Å². The number of carbonyl (C=O) groups is 2. The number of halogens is 1. The van der Waals surface area contributed by atoms with Crippen LogP contribution in [0.1, 0.15) is 31.1 Å². The van der Waals surface area contributed by atoms with Crippen LogP contribution in [0, 0.1) is 5.92 Å². The minimum atomic E-state index is -0.662. The van der Waals surface area contributed by atoms with Gasteiger partial charge in [0.05, 0.1) is 6.61 Å². The molecule has 0 radical (unpaired) electrons. The van der Waals surface area contributed by atoms with Crippen molar-refractivity contribution in [2.75, 3.05) is 11.9 Å². The summed E-state index contributed by atoms with van der Waals surface area (Å²) >= 11 is 5.85. The highest BCUT2D eigenvalue weighted by Crippen LogP contribution is 2.16. The lowest BCUT2D eigenvalue weighted by atomic mass is 10.0. The zero-order valence-electron chi connectivity index (χ0n) is 15.1. The molecule has 0 fully saturated rings. The van der Waals surface area contributed by atoms with E-state index in [-0.39, 0.29) is 17.7 Å². The minimum Gasteiger partial charge on any atom is -0.494 e. The van der Waals surface area contributed by atoms with Crippen LogP contribution in [0.4, 0.5) is 5.69 Å². The number of benzene rings is 2. The van der Waals surface area contributed by atoms with Crippen molar-refractivity contribution in [3.8, 4) is 5.75 Å². The molecule has 138 valence electrons. The Morgan fingerprint density at radius 2 is 1.65 bits per heavy atom. The molecule has 0 bridgehead atoms. The Morgan fingerprint density at radius 1 is 1.04 bits per heavy atom. The number of rotatable bonds is 7. The van der Waals surface area contributed by atoms with Gasteiger partial charge in [0.15, 0.2) is 0 Å². The SMILES string of the molecule is CCOc1ccc(C(=O)N[C@H](C(=O)Nc2ccc(Cl)cc2)C(C)C)cc1. The van der Waals surface area contributed by atoms with E-state index in [4.69, 9.17) is 16.3 Å². The Balaban J connectivity index is 2.05. The molecule has 0 aliphatic rings. The monoisotopic (exact) mass is 374 g/mol. The third-order valence-electron chi connectivity index (χ3n) is 3.78. The van der Waals surface area contributed by atoms with Crippen molar-refractivity contribution >= 4 is 29.1 Å². The number of anilines is 1. The fourth-order valence-electron chi connectivity index (χ4n) is 2.38. The molecule has 2 rings (SSSR count). The van der Waals surface area contributed by atoms with E-state index in [1.807, 2.05) is 20.8 Å². The third kappa shape index (κ3) is 5.49. The molecule has 0 spiro atoms. The van der Waals surface area contributed by atoms with Gasteiger partial charge in [0.25, 0.3) is 5.91 Å². The van der Waals surface area contributed by atoms with Gasteiger partial charge >= 0.3 is 0 Å². The molecule has 0 saturated carbocycles. The fraction of sp³-hybridized carbons (Fsp3) is 0.300. The summed E-state index contributed by atoms with van der Waals surface area (Å²) in [6.07, 6.45) is 0. The molecule has 0 unspecified atom stereocenters. The van der Waals surface area contributed by atoms with E-state index in [1.54, 1.807) is 48.5 Å². The second-order valence-corrected chi connectivity index (χ2v) is 6.59. The molecule has 5 nitrogen and oxygen atoms in total. The van der Waals surface area contributed by atoms with Crippen molar-refractivity contribution in [1.82, 2.24) is 5.32 Å². The van der Waals surface area contributed by atoms with Gasteiger partial charge in [-0.2, -0.15) is 0 Å². The Kier molecular flexibility index (Phi) is 7.04. The first-order valence-corrected chi connectivity index (χ1v) is 8.88. The van der Waals surface area contributed by atoms with Crippen molar-refractivity contribution < 1.29 is 14.3 Å². The predicted molar refractivity (Wildman–Crippen MR) is 104 cm³/mol. The molecular weight excluding hydrogens is 352 g/mol. The Labute approximate surface area is 158 Å². The van der Waals surface area contributed by atoms with E-state index in [0.29, 0.717) is 28.6 Å². The Hall–Kier alpha value is -2.53. The van der Waals surface area contributed by atoms with Gasteiger partial charge in [0.2, 0.25) is 5.91 Å². The summed E-state index contributed by atoms with van der Waals surface area (Å²) in [5.74, 6) is 0.0403. The van der Waals surface area contributed by atoms with Crippen LogP contribution in [0.3, 0.4) is 0 Å². The first-order chi connectivity index (χ1) is 12.4. The average Bonchev–Trinajstić information content (AvgIpc) is 2.62. The molecule has 0 saturated heterocycles. The maximum atomic E-state index is 12.6. The summed E-state index contributed by atoms with van der Waals surface area (Å²) in [6, 6.07) is 13.0. The van der Waals surface area contributed by atoms with E-state index in [0.717, 1.165) is 0 Å². The summed E-state index contributed by atoms with van der Waals surface area (Å²) < 4.78 is 5.37. The third-order valence-corrected chi connectivity index (χ3v) is 4.03. The lowest BCUT2D eigenvalue weighted by molar-refractivity contribution is -0.118. The van der Waals surface area contributed by atoms with Gasteiger partial charge < -0.3 is 15.4 Å². The molecular formula is C20H23ClN2O3. The van der Waals surface area contributed by atoms with Gasteiger partial charge in [-0.3, -0.25) is 9.59 Å². The standard InChI is InChI=1S/C20H23ClN2O3/c1-4-26-17-11-5-14(6-12-17)19(24)23-18(13(2)3)20(25)22-16-9-7-15(21)8-10-16/h5-13,18H,4H2,1-3H3,(H,22,25)(H,23,24)/t18-/m0/s1. The number of carbonyl (C=O) groups excluding carboxylic acids is 2. The maximum Gasteiger partial charge on any atom is 0.251 e. The van der Waals surface area contributed by atoms with Crippen LogP contribution < -0.4 is 15.4 Å². The van der Waals surface area contributed by atoms with Crippen molar-refractivity contribution in [3.05, 3.63) is 59.1 Å². The lowest BCUT2D eigenvalue weighted by Crippen LogP contribution is -2.47. The molecule has 2 aromatic carbocycles. The topological polar surface area (TPSA) is 67.4 Å². The zero-order valence-corrected chi connectivity index (χ0v) is 15.8. The number of nitrogens with one attached hydrogen (secondary N) is 2. The zero-order chi connectivity index (χ0) is 19.1. The van der Waals surface area contributed by atoms with Crippen LogP contribution in [0.15, 0.2) is 48.5 Å². The Morgan fingerprint density at radius 3 is 2.19 bits per heavy atom. The number of ether oxygens (including phenoxy) is 1. The summed E-state index contributed by atoms with van der Waals surface area (Å²) in [4.78, 5) is 25.0. The smallest absolute Gasteiger partial charge is 0.251 e. The minimum absolute atomic E-state index is 0.0750. The highest BCUT2D eigenvalue weighted by Gasteiger charge is 2.24. The maximum absolute atomic E-state index is 12.6. The van der Waals surface area contributed by atoms with Crippen LogP contribution in [-0.4, -0.2) is 24.5 Å². The van der Waals surface area contributed by atoms with Gasteiger partial charge in [-0.05, 0) is 61.4 Å². The van der Waals surface area contributed by atoms with Gasteiger partial charge in [-0.25, -0.2) is 0 Å². The summed E-state index contributed by atoms with van der Waals surface area (Å²) in [5, 5.41) is 6.19. The number of amides is 2. The van der Waals surface area contributed by atoms with Crippen LogP contribution in [0.2, 0.25) is 5.02 Å². The largest absolute Gasteiger partial charge is 0.494 e. The van der Waals surface area contributed by atoms with Gasteiger partial charge in [-0.15, -0.1) is 0 Å². The first kappa shape index (κ1) is 19.8. The van der Waals surface area contributed by atoms with Crippen LogP contribution in [0.5, 0.6) is 5.75 Å². The molecule has 2 aromatic rings. The molecule has 2 N–H and O–H groups in total. The molecule has 0 aromatic heterocycles. The van der Waals surface area contributed by atoms with E-state index in [9.17, 15) is 9.59 Å². The molecule has 0 aliphatic heterocycles. The average molecular weight is 375 g/mol. The van der Waals surface area contributed by atoms with Crippen molar-refractivity contribution in [2.24, 2.45) is 5.92 Å². The fourth-order valence-corrected chi connectivity index (χ4v) is 2.51. The predicted octanol–water partition coefficient (Wildman–Crippen LogP) is 4.13.